The standard InChI is InChI=1S/C13H15Cl2NO4S/c1-13(6-20-2,12(18)19)16-11(17)7-4-10(21-3)9(15)5-8(7)14/h4-5H,6H2,1-3H3,(H,16,17)(H,18,19). The van der Waals surface area contributed by atoms with Crippen LogP contribution >= 0.6 is 35.0 Å². The van der Waals surface area contributed by atoms with E-state index < -0.39 is 17.4 Å². The summed E-state index contributed by atoms with van der Waals surface area (Å²) in [5.41, 5.74) is -1.39. The molecule has 0 bridgehead atoms. The Morgan fingerprint density at radius 2 is 2.00 bits per heavy atom. The van der Waals surface area contributed by atoms with Crippen molar-refractivity contribution >= 4 is 46.8 Å². The van der Waals surface area contributed by atoms with E-state index in [0.717, 1.165) is 0 Å². The van der Waals surface area contributed by atoms with Gasteiger partial charge < -0.3 is 15.2 Å². The Bertz CT molecular complexity index is 567. The first-order chi connectivity index (χ1) is 9.75. The molecule has 1 atom stereocenters. The number of hydrogen-bond acceptors (Lipinski definition) is 4. The molecule has 0 radical (unpaired) electrons. The average Bonchev–Trinajstić information content (AvgIpc) is 2.38. The second kappa shape index (κ2) is 7.35. The van der Waals surface area contributed by atoms with Crippen LogP contribution < -0.4 is 5.32 Å². The molecule has 21 heavy (non-hydrogen) atoms. The molecule has 0 saturated heterocycles. The van der Waals surface area contributed by atoms with Gasteiger partial charge in [-0.3, -0.25) is 4.79 Å². The largest absolute Gasteiger partial charge is 0.479 e. The van der Waals surface area contributed by atoms with Crippen LogP contribution in [0.2, 0.25) is 10.0 Å². The molecule has 0 aliphatic heterocycles. The van der Waals surface area contributed by atoms with Gasteiger partial charge in [-0.15, -0.1) is 11.8 Å². The third-order valence-corrected chi connectivity index (χ3v) is 4.30. The minimum Gasteiger partial charge on any atom is -0.479 e. The van der Waals surface area contributed by atoms with Crippen LogP contribution in [-0.4, -0.2) is 42.5 Å². The number of methoxy groups -OCH3 is 1. The van der Waals surface area contributed by atoms with E-state index in [4.69, 9.17) is 27.9 Å². The molecular weight excluding hydrogens is 337 g/mol. The molecular formula is C13H15Cl2NO4S. The number of benzene rings is 1. The molecule has 8 heteroatoms. The van der Waals surface area contributed by atoms with Gasteiger partial charge >= 0.3 is 5.97 Å². The van der Waals surface area contributed by atoms with Crippen LogP contribution in [0.4, 0.5) is 0 Å². The first-order valence-corrected chi connectivity index (χ1v) is 7.81. The third kappa shape index (κ3) is 4.26. The van der Waals surface area contributed by atoms with E-state index in [0.29, 0.717) is 9.92 Å². The van der Waals surface area contributed by atoms with Crippen molar-refractivity contribution in [3.05, 3.63) is 27.7 Å². The lowest BCUT2D eigenvalue weighted by molar-refractivity contribution is -0.145. The summed E-state index contributed by atoms with van der Waals surface area (Å²) >= 11 is 13.4. The van der Waals surface area contributed by atoms with Gasteiger partial charge in [0.05, 0.1) is 22.2 Å². The Balaban J connectivity index is 3.11. The lowest BCUT2D eigenvalue weighted by atomic mass is 10.0. The fourth-order valence-corrected chi connectivity index (χ4v) is 2.81. The van der Waals surface area contributed by atoms with Gasteiger partial charge in [-0.25, -0.2) is 4.79 Å². The number of carboxylic acids is 1. The highest BCUT2D eigenvalue weighted by molar-refractivity contribution is 7.98. The van der Waals surface area contributed by atoms with Gasteiger partial charge in [0.2, 0.25) is 0 Å². The van der Waals surface area contributed by atoms with E-state index in [1.807, 2.05) is 6.26 Å². The van der Waals surface area contributed by atoms with E-state index in [1.54, 1.807) is 0 Å². The van der Waals surface area contributed by atoms with Crippen LogP contribution in [0.3, 0.4) is 0 Å². The number of rotatable bonds is 6. The summed E-state index contributed by atoms with van der Waals surface area (Å²) in [7, 11) is 1.36. The quantitative estimate of drug-likeness (QED) is 0.770. The summed E-state index contributed by atoms with van der Waals surface area (Å²) in [6.45, 7) is 1.19. The average molecular weight is 352 g/mol. The van der Waals surface area contributed by atoms with E-state index in [2.05, 4.69) is 5.32 Å². The Morgan fingerprint density at radius 3 is 2.48 bits per heavy atom. The molecule has 0 spiro atoms. The number of carboxylic acid groups (broad SMARTS) is 1. The first-order valence-electron chi connectivity index (χ1n) is 5.83. The smallest absolute Gasteiger partial charge is 0.331 e. The summed E-state index contributed by atoms with van der Waals surface area (Å²) in [5.74, 6) is -1.80. The number of hydrogen-bond donors (Lipinski definition) is 2. The maximum Gasteiger partial charge on any atom is 0.331 e. The summed E-state index contributed by atoms with van der Waals surface area (Å²) in [5, 5.41) is 12.2. The van der Waals surface area contributed by atoms with Crippen molar-refractivity contribution in [1.82, 2.24) is 5.32 Å². The number of carbonyl (C=O) groups is 2. The molecule has 0 aliphatic rings. The van der Waals surface area contributed by atoms with E-state index >= 15 is 0 Å². The Hall–Kier alpha value is -0.950. The van der Waals surface area contributed by atoms with Crippen molar-refractivity contribution in [3.63, 3.8) is 0 Å². The lowest BCUT2D eigenvalue weighted by Crippen LogP contribution is -2.55. The first kappa shape index (κ1) is 18.1. The van der Waals surface area contributed by atoms with Gasteiger partial charge in [0.1, 0.15) is 0 Å². The van der Waals surface area contributed by atoms with Crippen molar-refractivity contribution < 1.29 is 19.4 Å². The number of nitrogens with one attached hydrogen (secondary N) is 1. The number of amides is 1. The van der Waals surface area contributed by atoms with Crippen molar-refractivity contribution in [2.45, 2.75) is 17.4 Å². The van der Waals surface area contributed by atoms with E-state index in [1.165, 1.54) is 37.9 Å². The Morgan fingerprint density at radius 1 is 1.38 bits per heavy atom. The fraction of sp³-hybridized carbons (Fsp3) is 0.385. The molecule has 1 aromatic carbocycles. The lowest BCUT2D eigenvalue weighted by Gasteiger charge is -2.25. The zero-order valence-electron chi connectivity index (χ0n) is 11.7. The third-order valence-electron chi connectivity index (χ3n) is 2.78. The van der Waals surface area contributed by atoms with Gasteiger partial charge in [0.15, 0.2) is 5.54 Å². The fourth-order valence-electron chi connectivity index (χ4n) is 1.62. The zero-order chi connectivity index (χ0) is 16.2. The summed E-state index contributed by atoms with van der Waals surface area (Å²) in [4.78, 5) is 24.2. The summed E-state index contributed by atoms with van der Waals surface area (Å²) in [6.07, 6.45) is 1.81. The minimum atomic E-state index is -1.55. The van der Waals surface area contributed by atoms with Crippen molar-refractivity contribution in [2.75, 3.05) is 20.0 Å². The molecule has 0 saturated carbocycles. The molecule has 116 valence electrons. The highest BCUT2D eigenvalue weighted by atomic mass is 35.5. The normalized spacial score (nSPS) is 13.6. The number of halogens is 2. The predicted octanol–water partition coefficient (Wildman–Crippen LogP) is 2.93. The number of thioether (sulfide) groups is 1. The van der Waals surface area contributed by atoms with Crippen LogP contribution in [-0.2, 0) is 9.53 Å². The molecule has 1 unspecified atom stereocenters. The van der Waals surface area contributed by atoms with Crippen LogP contribution in [0, 0.1) is 0 Å². The number of aliphatic carboxylic acids is 1. The monoisotopic (exact) mass is 351 g/mol. The summed E-state index contributed by atoms with van der Waals surface area (Å²) < 4.78 is 4.85. The molecule has 1 aromatic rings. The van der Waals surface area contributed by atoms with Crippen LogP contribution in [0.25, 0.3) is 0 Å². The second-order valence-electron chi connectivity index (χ2n) is 4.49. The molecule has 0 heterocycles. The van der Waals surface area contributed by atoms with Crippen molar-refractivity contribution in [1.29, 1.82) is 0 Å². The van der Waals surface area contributed by atoms with Crippen LogP contribution in [0.15, 0.2) is 17.0 Å². The van der Waals surface area contributed by atoms with Crippen molar-refractivity contribution in [3.8, 4) is 0 Å². The predicted molar refractivity (Wildman–Crippen MR) is 83.6 cm³/mol. The molecule has 5 nitrogen and oxygen atoms in total. The maximum absolute atomic E-state index is 12.3. The number of ether oxygens (including phenoxy) is 1. The maximum atomic E-state index is 12.3. The molecule has 0 fully saturated rings. The molecule has 0 aromatic heterocycles. The Kier molecular flexibility index (Phi) is 6.34. The van der Waals surface area contributed by atoms with Gasteiger partial charge in [-0.05, 0) is 25.3 Å². The van der Waals surface area contributed by atoms with Gasteiger partial charge in [0.25, 0.3) is 5.91 Å². The summed E-state index contributed by atoms with van der Waals surface area (Å²) in [6, 6.07) is 2.98. The van der Waals surface area contributed by atoms with E-state index in [9.17, 15) is 14.7 Å². The SMILES string of the molecule is COCC(C)(NC(=O)c1cc(SC)c(Cl)cc1Cl)C(=O)O. The van der Waals surface area contributed by atoms with E-state index in [-0.39, 0.29) is 17.2 Å². The van der Waals surface area contributed by atoms with Crippen LogP contribution in [0.1, 0.15) is 17.3 Å². The van der Waals surface area contributed by atoms with Gasteiger partial charge in [-0.2, -0.15) is 0 Å². The highest BCUT2D eigenvalue weighted by Gasteiger charge is 2.35. The molecule has 2 N–H and O–H groups in total. The minimum absolute atomic E-state index is 0.153. The zero-order valence-corrected chi connectivity index (χ0v) is 14.0. The van der Waals surface area contributed by atoms with Crippen LogP contribution in [0.5, 0.6) is 0 Å². The topological polar surface area (TPSA) is 75.6 Å². The number of carbonyl (C=O) groups excluding carboxylic acids is 1. The van der Waals surface area contributed by atoms with Gasteiger partial charge in [-0.1, -0.05) is 23.2 Å². The molecule has 1 amide bonds. The van der Waals surface area contributed by atoms with Gasteiger partial charge in [0, 0.05) is 12.0 Å². The molecule has 0 aliphatic carbocycles. The Labute approximate surface area is 136 Å². The highest BCUT2D eigenvalue weighted by Crippen LogP contribution is 2.31. The van der Waals surface area contributed by atoms with Crippen molar-refractivity contribution in [2.24, 2.45) is 0 Å². The molecule has 1 rings (SSSR count). The second-order valence-corrected chi connectivity index (χ2v) is 6.15.